The molecule has 0 saturated heterocycles. The van der Waals surface area contributed by atoms with Crippen molar-refractivity contribution in [2.45, 2.75) is 63.2 Å². The summed E-state index contributed by atoms with van der Waals surface area (Å²) in [7, 11) is 4.15. The second-order valence-corrected chi connectivity index (χ2v) is 18.9. The van der Waals surface area contributed by atoms with Crippen LogP contribution in [0.25, 0.3) is 0 Å². The summed E-state index contributed by atoms with van der Waals surface area (Å²) >= 11 is 4.64. The molecule has 0 bridgehead atoms. The molecule has 0 fully saturated rings. The van der Waals surface area contributed by atoms with Crippen LogP contribution < -0.4 is 20.3 Å². The summed E-state index contributed by atoms with van der Waals surface area (Å²) in [6, 6.07) is 27.0. The summed E-state index contributed by atoms with van der Waals surface area (Å²) in [5.74, 6) is -0.571. The summed E-state index contributed by atoms with van der Waals surface area (Å²) in [6.07, 6.45) is 8.31. The number of hydrogen-bond donors (Lipinski definition) is 2. The van der Waals surface area contributed by atoms with Gasteiger partial charge in [-0.15, -0.1) is 35.3 Å². The van der Waals surface area contributed by atoms with Crippen molar-refractivity contribution >= 4 is 93.5 Å². The maximum Gasteiger partial charge on any atom is 0.410 e. The van der Waals surface area contributed by atoms with Crippen molar-refractivity contribution < 1.29 is 48.0 Å². The van der Waals surface area contributed by atoms with Gasteiger partial charge in [0.2, 0.25) is 0 Å². The minimum Gasteiger partial charge on any atom is -0.497 e. The summed E-state index contributed by atoms with van der Waals surface area (Å²) in [5, 5.41) is 27.9. The van der Waals surface area contributed by atoms with Crippen molar-refractivity contribution in [3.05, 3.63) is 168 Å². The molecule has 23 heteroatoms. The minimum atomic E-state index is -0.525. The fourth-order valence-electron chi connectivity index (χ4n) is 7.26. The van der Waals surface area contributed by atoms with E-state index in [2.05, 4.69) is 30.1 Å². The maximum atomic E-state index is 12.9. The maximum absolute atomic E-state index is 12.9. The highest BCUT2D eigenvalue weighted by Gasteiger charge is 2.26. The molecule has 0 unspecified atom stereocenters. The van der Waals surface area contributed by atoms with Gasteiger partial charge >= 0.3 is 12.1 Å². The molecule has 20 nitrogen and oxygen atoms in total. The second kappa shape index (κ2) is 31.9. The summed E-state index contributed by atoms with van der Waals surface area (Å²) in [4.78, 5) is 94.7. The lowest BCUT2D eigenvalue weighted by Gasteiger charge is -2.24. The van der Waals surface area contributed by atoms with E-state index in [1.54, 1.807) is 101 Å². The zero-order valence-electron chi connectivity index (χ0n) is 45.7. The number of likely N-dealkylation sites (N-methyl/N-ethyl adjacent to an activating group) is 1. The van der Waals surface area contributed by atoms with E-state index < -0.39 is 27.8 Å². The molecule has 6 aromatic rings. The Labute approximate surface area is 466 Å². The molecular weight excluding hydrogens is 1060 g/mol. The molecule has 5 aromatic carbocycles. The van der Waals surface area contributed by atoms with Crippen LogP contribution in [0.3, 0.4) is 0 Å². The molecule has 0 saturated carbocycles. The van der Waals surface area contributed by atoms with Crippen molar-refractivity contribution in [3.8, 4) is 5.75 Å². The first kappa shape index (κ1) is 64.3. The molecule has 78 heavy (non-hydrogen) atoms. The highest BCUT2D eigenvalue weighted by molar-refractivity contribution is 7.99. The van der Waals surface area contributed by atoms with Gasteiger partial charge in [-0.2, -0.15) is 0 Å². The monoisotopic (exact) mass is 1120 g/mol. The quantitative estimate of drug-likeness (QED) is 0.0395. The molecule has 0 aliphatic carbocycles. The number of carbonyl (C=O) groups is 5. The number of anilines is 3. The molecule has 6 rings (SSSR count). The highest BCUT2D eigenvalue weighted by Crippen LogP contribution is 2.34. The first-order valence-electron chi connectivity index (χ1n) is 23.8. The van der Waals surface area contributed by atoms with Crippen LogP contribution in [-0.4, -0.2) is 114 Å². The van der Waals surface area contributed by atoms with Gasteiger partial charge in [0.05, 0.1) is 59.5 Å². The van der Waals surface area contributed by atoms with Crippen LogP contribution >= 0.6 is 35.3 Å². The zero-order valence-corrected chi connectivity index (χ0v) is 48.2. The van der Waals surface area contributed by atoms with Gasteiger partial charge in [0, 0.05) is 62.8 Å². The van der Waals surface area contributed by atoms with E-state index >= 15 is 0 Å². The van der Waals surface area contributed by atoms with Crippen molar-refractivity contribution in [1.82, 2.24) is 14.9 Å². The van der Waals surface area contributed by atoms with Crippen molar-refractivity contribution in [2.24, 2.45) is 0 Å². The topological polar surface area (TPSA) is 256 Å². The molecule has 0 spiro atoms. The van der Waals surface area contributed by atoms with Gasteiger partial charge in [-0.1, -0.05) is 36.4 Å². The summed E-state index contributed by atoms with van der Waals surface area (Å²) in [6.45, 7) is 13.1. The van der Waals surface area contributed by atoms with Crippen LogP contribution in [0.15, 0.2) is 118 Å². The minimum absolute atomic E-state index is 0.0264. The molecule has 0 atom stereocenters. The average Bonchev–Trinajstić information content (AvgIpc) is 3.46. The van der Waals surface area contributed by atoms with Crippen LogP contribution in [0.1, 0.15) is 72.9 Å². The Morgan fingerprint density at radius 3 is 1.72 bits per heavy atom. The van der Waals surface area contributed by atoms with Crippen molar-refractivity contribution in [2.75, 3.05) is 75.3 Å². The number of methoxy groups -OCH3 is 3. The van der Waals surface area contributed by atoms with Crippen molar-refractivity contribution in [1.29, 1.82) is 0 Å². The number of benzene rings is 5. The fourth-order valence-corrected chi connectivity index (χ4v) is 8.95. The van der Waals surface area contributed by atoms with Gasteiger partial charge in [0.15, 0.2) is 0 Å². The zero-order chi connectivity index (χ0) is 58.2. The number of thioether (sulfide) groups is 3. The summed E-state index contributed by atoms with van der Waals surface area (Å²) in [5.41, 5.74) is 5.95. The lowest BCUT2D eigenvalue weighted by Crippen LogP contribution is -2.35. The third-order valence-corrected chi connectivity index (χ3v) is 13.8. The van der Waals surface area contributed by atoms with Crippen LogP contribution in [0, 0.1) is 54.8 Å². The highest BCUT2D eigenvalue weighted by atomic mass is 32.2. The van der Waals surface area contributed by atoms with Gasteiger partial charge in [-0.25, -0.2) is 14.8 Å². The van der Waals surface area contributed by atoms with Crippen LogP contribution in [0.4, 0.5) is 33.2 Å². The van der Waals surface area contributed by atoms with Gasteiger partial charge in [-0.3, -0.25) is 44.3 Å². The number of amides is 4. The SMILES string of the molecule is CCN(C(=O)c1cncnc1C)c1cc(OC)ccc1SC.CCN(CC(=O)OC)C(=O)OC.CSc1ccccc1NC(=O)c1c(C)ccc(C)c1[N+](=O)[O-].CSc1ccccc1NC(=O)c1cc(C)c([N+](=O)[O-])cc1C. The predicted molar refractivity (Wildman–Crippen MR) is 308 cm³/mol. The Kier molecular flexibility index (Phi) is 26.3. The number of para-hydroxylation sites is 2. The third-order valence-electron chi connectivity index (χ3n) is 11.4. The number of nitrogens with zero attached hydrogens (tertiary/aromatic N) is 6. The third kappa shape index (κ3) is 17.8. The van der Waals surface area contributed by atoms with E-state index in [4.69, 9.17) is 4.74 Å². The summed E-state index contributed by atoms with van der Waals surface area (Å²) < 4.78 is 14.1. The van der Waals surface area contributed by atoms with Crippen molar-refractivity contribution in [3.63, 3.8) is 0 Å². The van der Waals surface area contributed by atoms with E-state index in [1.807, 2.05) is 93.3 Å². The second-order valence-electron chi connectivity index (χ2n) is 16.4. The molecule has 2 N–H and O–H groups in total. The lowest BCUT2D eigenvalue weighted by molar-refractivity contribution is -0.385. The molecule has 1 heterocycles. The lowest BCUT2D eigenvalue weighted by atomic mass is 10.0. The van der Waals surface area contributed by atoms with E-state index in [0.29, 0.717) is 57.9 Å². The van der Waals surface area contributed by atoms with Crippen LogP contribution in [0.2, 0.25) is 0 Å². The standard InChI is InChI=1S/C16H19N3O2S.2C16H16N2O3S.C7H13NO4/c1-5-19(16(20)13-9-17-10-18-11(13)2)14-8-12(21-3)6-7-15(14)22-4;1-10-9-14(18(20)21)11(2)8-12(10)16(19)17-13-6-4-5-7-15(13)22-3;1-10-8-9-11(2)15(18(20)21)14(10)16(19)17-12-6-4-5-7-13(12)22-3;1-4-8(7(10)12-3)5-6(9)11-2/h6-10H,5H2,1-4H3;2*4-9H,1-3H3,(H,17,19);4-5H2,1-3H3. The largest absolute Gasteiger partial charge is 0.497 e. The van der Waals surface area contributed by atoms with Gasteiger partial charge < -0.3 is 29.7 Å². The van der Waals surface area contributed by atoms with Gasteiger partial charge in [0.25, 0.3) is 29.1 Å². The molecule has 414 valence electrons. The van der Waals surface area contributed by atoms with Crippen LogP contribution in [0.5, 0.6) is 5.75 Å². The molecule has 4 amide bonds. The number of nitro benzene ring substituents is 2. The number of ether oxygens (including phenoxy) is 3. The van der Waals surface area contributed by atoms with Gasteiger partial charge in [-0.05, 0) is 121 Å². The fraction of sp³-hybridized carbons (Fsp3) is 0.291. The smallest absolute Gasteiger partial charge is 0.410 e. The van der Waals surface area contributed by atoms with Crippen LogP contribution in [-0.2, 0) is 14.3 Å². The molecule has 0 aliphatic heterocycles. The Morgan fingerprint density at radius 1 is 0.641 bits per heavy atom. The number of nitrogens with one attached hydrogen (secondary N) is 2. The number of rotatable bonds is 16. The molecule has 0 aliphatic rings. The average molecular weight is 1130 g/mol. The number of carbonyl (C=O) groups excluding carboxylic acids is 5. The number of nitro groups is 2. The molecular formula is C55H64N8O12S3. The normalized spacial score (nSPS) is 10.1. The van der Waals surface area contributed by atoms with E-state index in [0.717, 1.165) is 31.8 Å². The Hall–Kier alpha value is -8.02. The van der Waals surface area contributed by atoms with E-state index in [9.17, 15) is 44.2 Å². The number of aromatic nitrogens is 2. The first-order chi connectivity index (χ1) is 37.2. The molecule has 0 radical (unpaired) electrons. The van der Waals surface area contributed by atoms with Gasteiger partial charge in [0.1, 0.15) is 24.2 Å². The Morgan fingerprint density at radius 2 is 1.22 bits per heavy atom. The number of esters is 1. The predicted octanol–water partition coefficient (Wildman–Crippen LogP) is 11.8. The number of aryl methyl sites for hydroxylation is 5. The Bertz CT molecular complexity index is 3110. The van der Waals surface area contributed by atoms with E-state index in [-0.39, 0.29) is 35.3 Å². The molecule has 1 aromatic heterocycles. The number of hydrogen-bond acceptors (Lipinski definition) is 17. The van der Waals surface area contributed by atoms with E-state index in [1.165, 1.54) is 43.3 Å². The first-order valence-corrected chi connectivity index (χ1v) is 27.4. The Balaban J connectivity index is 0.000000280.